The standard InChI is InChI=1S/C14H19NO4/c1-19-13(17)8-7-12(15-9-10-16)14(18)11-5-3-2-4-6-11/h2-6,12,15-16H,7-10H2,1H3. The number of carbonyl (C=O) groups excluding carboxylic acids is 2. The third-order valence-corrected chi connectivity index (χ3v) is 2.74. The van der Waals surface area contributed by atoms with Crippen molar-refractivity contribution in [2.24, 2.45) is 0 Å². The summed E-state index contributed by atoms with van der Waals surface area (Å²) in [5.74, 6) is -0.436. The zero-order chi connectivity index (χ0) is 14.1. The molecular weight excluding hydrogens is 246 g/mol. The molecule has 0 radical (unpaired) electrons. The highest BCUT2D eigenvalue weighted by Gasteiger charge is 2.20. The molecule has 0 aromatic heterocycles. The zero-order valence-electron chi connectivity index (χ0n) is 11.0. The van der Waals surface area contributed by atoms with Gasteiger partial charge in [0.25, 0.3) is 0 Å². The van der Waals surface area contributed by atoms with Crippen LogP contribution in [0.4, 0.5) is 0 Å². The molecule has 0 saturated heterocycles. The fraction of sp³-hybridized carbons (Fsp3) is 0.429. The number of aliphatic hydroxyl groups is 1. The first-order valence-corrected chi connectivity index (χ1v) is 6.19. The Balaban J connectivity index is 2.67. The maximum atomic E-state index is 12.3. The number of methoxy groups -OCH3 is 1. The average Bonchev–Trinajstić information content (AvgIpc) is 2.47. The number of Topliss-reactive ketones (excluding diaryl/α,β-unsaturated/α-hetero) is 1. The van der Waals surface area contributed by atoms with Gasteiger partial charge < -0.3 is 15.2 Å². The molecule has 1 aromatic rings. The molecule has 1 aromatic carbocycles. The van der Waals surface area contributed by atoms with Crippen molar-refractivity contribution < 1.29 is 19.4 Å². The molecule has 0 heterocycles. The van der Waals surface area contributed by atoms with Crippen LogP contribution in [0.2, 0.25) is 0 Å². The van der Waals surface area contributed by atoms with Crippen LogP contribution in [0.3, 0.4) is 0 Å². The molecule has 0 fully saturated rings. The summed E-state index contributed by atoms with van der Waals surface area (Å²) in [6.45, 7) is 0.251. The number of ether oxygens (including phenoxy) is 1. The fourth-order valence-corrected chi connectivity index (χ4v) is 1.73. The third kappa shape index (κ3) is 5.19. The second kappa shape index (κ2) is 8.39. The van der Waals surface area contributed by atoms with Crippen molar-refractivity contribution in [2.45, 2.75) is 18.9 Å². The van der Waals surface area contributed by atoms with Gasteiger partial charge >= 0.3 is 5.97 Å². The lowest BCUT2D eigenvalue weighted by Crippen LogP contribution is -2.38. The Morgan fingerprint density at radius 3 is 2.58 bits per heavy atom. The molecule has 0 aliphatic rings. The van der Waals surface area contributed by atoms with E-state index in [0.29, 0.717) is 18.5 Å². The maximum absolute atomic E-state index is 12.3. The van der Waals surface area contributed by atoms with Crippen LogP contribution in [0.15, 0.2) is 30.3 Å². The van der Waals surface area contributed by atoms with E-state index in [1.807, 2.05) is 6.07 Å². The Hall–Kier alpha value is -1.72. The van der Waals surface area contributed by atoms with Crippen LogP contribution in [0.5, 0.6) is 0 Å². The Kier molecular flexibility index (Phi) is 6.78. The van der Waals surface area contributed by atoms with E-state index < -0.39 is 6.04 Å². The molecule has 0 spiro atoms. The minimum atomic E-state index is -0.492. The summed E-state index contributed by atoms with van der Waals surface area (Å²) in [7, 11) is 1.32. The number of ketones is 1. The molecular formula is C14H19NO4. The highest BCUT2D eigenvalue weighted by Crippen LogP contribution is 2.08. The van der Waals surface area contributed by atoms with Crippen molar-refractivity contribution in [1.82, 2.24) is 5.32 Å². The summed E-state index contributed by atoms with van der Waals surface area (Å²) in [6, 6.07) is 8.38. The number of esters is 1. The fourth-order valence-electron chi connectivity index (χ4n) is 1.73. The molecule has 0 saturated carbocycles. The summed E-state index contributed by atoms with van der Waals surface area (Å²) in [5.41, 5.74) is 0.586. The van der Waals surface area contributed by atoms with Gasteiger partial charge in [-0.15, -0.1) is 0 Å². The van der Waals surface area contributed by atoms with Crippen molar-refractivity contribution in [2.75, 3.05) is 20.3 Å². The minimum Gasteiger partial charge on any atom is -0.469 e. The van der Waals surface area contributed by atoms with Crippen molar-refractivity contribution >= 4 is 11.8 Å². The number of carbonyl (C=O) groups is 2. The van der Waals surface area contributed by atoms with E-state index >= 15 is 0 Å². The topological polar surface area (TPSA) is 75.6 Å². The molecule has 104 valence electrons. The van der Waals surface area contributed by atoms with Gasteiger partial charge in [-0.1, -0.05) is 30.3 Å². The monoisotopic (exact) mass is 265 g/mol. The van der Waals surface area contributed by atoms with E-state index in [0.717, 1.165) is 0 Å². The van der Waals surface area contributed by atoms with E-state index in [-0.39, 0.29) is 24.8 Å². The van der Waals surface area contributed by atoms with Crippen molar-refractivity contribution in [3.63, 3.8) is 0 Å². The molecule has 2 N–H and O–H groups in total. The smallest absolute Gasteiger partial charge is 0.305 e. The van der Waals surface area contributed by atoms with Crippen LogP contribution in [-0.2, 0) is 9.53 Å². The Labute approximate surface area is 112 Å². The summed E-state index contributed by atoms with van der Waals surface area (Å²) >= 11 is 0. The minimum absolute atomic E-state index is 0.0587. The maximum Gasteiger partial charge on any atom is 0.305 e. The molecule has 0 aliphatic carbocycles. The molecule has 0 amide bonds. The van der Waals surface area contributed by atoms with Crippen LogP contribution in [0.1, 0.15) is 23.2 Å². The van der Waals surface area contributed by atoms with Crippen LogP contribution in [0, 0.1) is 0 Å². The lowest BCUT2D eigenvalue weighted by molar-refractivity contribution is -0.140. The van der Waals surface area contributed by atoms with Crippen LogP contribution in [0.25, 0.3) is 0 Å². The van der Waals surface area contributed by atoms with Crippen LogP contribution >= 0.6 is 0 Å². The van der Waals surface area contributed by atoms with Gasteiger partial charge in [-0.25, -0.2) is 0 Å². The summed E-state index contributed by atoms with van der Waals surface area (Å²) in [6.07, 6.45) is 0.512. The van der Waals surface area contributed by atoms with Crippen LogP contribution in [-0.4, -0.2) is 43.2 Å². The lowest BCUT2D eigenvalue weighted by atomic mass is 10.00. The van der Waals surface area contributed by atoms with E-state index in [1.54, 1.807) is 24.3 Å². The number of aliphatic hydroxyl groups excluding tert-OH is 1. The molecule has 5 heteroatoms. The molecule has 1 rings (SSSR count). The van der Waals surface area contributed by atoms with Gasteiger partial charge in [-0.05, 0) is 6.42 Å². The van der Waals surface area contributed by atoms with E-state index in [4.69, 9.17) is 5.11 Å². The zero-order valence-corrected chi connectivity index (χ0v) is 11.0. The van der Waals surface area contributed by atoms with Crippen molar-refractivity contribution in [1.29, 1.82) is 0 Å². The summed E-state index contributed by atoms with van der Waals surface area (Å²) in [4.78, 5) is 23.4. The largest absolute Gasteiger partial charge is 0.469 e. The first-order chi connectivity index (χ1) is 9.19. The first kappa shape index (κ1) is 15.3. The van der Waals surface area contributed by atoms with Crippen LogP contribution < -0.4 is 5.32 Å². The number of benzene rings is 1. The highest BCUT2D eigenvalue weighted by molar-refractivity contribution is 6.00. The van der Waals surface area contributed by atoms with Gasteiger partial charge in [0.05, 0.1) is 19.8 Å². The van der Waals surface area contributed by atoms with E-state index in [1.165, 1.54) is 7.11 Å². The average molecular weight is 265 g/mol. The second-order valence-corrected chi connectivity index (χ2v) is 4.08. The number of nitrogens with one attached hydrogen (secondary N) is 1. The first-order valence-electron chi connectivity index (χ1n) is 6.19. The number of hydrogen-bond acceptors (Lipinski definition) is 5. The van der Waals surface area contributed by atoms with E-state index in [9.17, 15) is 9.59 Å². The van der Waals surface area contributed by atoms with Gasteiger partial charge in [0.1, 0.15) is 0 Å². The highest BCUT2D eigenvalue weighted by atomic mass is 16.5. The number of rotatable bonds is 8. The second-order valence-electron chi connectivity index (χ2n) is 4.08. The normalized spacial score (nSPS) is 11.9. The molecule has 0 aliphatic heterocycles. The number of hydrogen-bond donors (Lipinski definition) is 2. The third-order valence-electron chi connectivity index (χ3n) is 2.74. The van der Waals surface area contributed by atoms with Gasteiger partial charge in [-0.3, -0.25) is 9.59 Å². The Morgan fingerprint density at radius 1 is 1.32 bits per heavy atom. The molecule has 0 bridgehead atoms. The van der Waals surface area contributed by atoms with Gasteiger partial charge in [0.2, 0.25) is 0 Å². The molecule has 19 heavy (non-hydrogen) atoms. The quantitative estimate of drug-likeness (QED) is 0.536. The Morgan fingerprint density at radius 2 is 2.00 bits per heavy atom. The summed E-state index contributed by atoms with van der Waals surface area (Å²) in [5, 5.41) is 11.8. The predicted octanol–water partition coefficient (Wildman–Crippen LogP) is 0.773. The SMILES string of the molecule is COC(=O)CCC(NCCO)C(=O)c1ccccc1. The predicted molar refractivity (Wildman–Crippen MR) is 70.9 cm³/mol. The molecule has 5 nitrogen and oxygen atoms in total. The van der Waals surface area contributed by atoms with Crippen molar-refractivity contribution in [3.8, 4) is 0 Å². The Bertz CT molecular complexity index is 405. The van der Waals surface area contributed by atoms with Gasteiger partial charge in [0, 0.05) is 18.5 Å². The lowest BCUT2D eigenvalue weighted by Gasteiger charge is -2.16. The van der Waals surface area contributed by atoms with Gasteiger partial charge in [-0.2, -0.15) is 0 Å². The molecule has 1 atom stereocenters. The summed E-state index contributed by atoms with van der Waals surface area (Å²) < 4.78 is 4.56. The van der Waals surface area contributed by atoms with Crippen molar-refractivity contribution in [3.05, 3.63) is 35.9 Å². The van der Waals surface area contributed by atoms with Gasteiger partial charge in [0.15, 0.2) is 5.78 Å². The van der Waals surface area contributed by atoms with E-state index in [2.05, 4.69) is 10.1 Å². The molecule has 1 unspecified atom stereocenters.